The second-order valence-corrected chi connectivity index (χ2v) is 13.9. The Morgan fingerprint density at radius 3 is 2.08 bits per heavy atom. The Hall–Kier alpha value is -6.71. The number of para-hydroxylation sites is 2. The average Bonchev–Trinajstić information content (AvgIpc) is 3.78. The van der Waals surface area contributed by atoms with Crippen LogP contribution < -0.4 is 4.90 Å². The van der Waals surface area contributed by atoms with Gasteiger partial charge in [0, 0.05) is 34.5 Å². The Kier molecular flexibility index (Phi) is 6.38. The minimum absolute atomic E-state index is 0.232. The van der Waals surface area contributed by atoms with Crippen LogP contribution in [0, 0.1) is 0 Å². The number of anilines is 2. The molecule has 2 atom stereocenters. The van der Waals surface area contributed by atoms with E-state index >= 15 is 0 Å². The maximum absolute atomic E-state index is 5.13. The van der Waals surface area contributed by atoms with Crippen molar-refractivity contribution in [2.24, 2.45) is 0 Å². The van der Waals surface area contributed by atoms with E-state index in [1.807, 2.05) is 0 Å². The van der Waals surface area contributed by atoms with E-state index < -0.39 is 0 Å². The molecular formula is C49H33N3. The molecule has 3 nitrogen and oxygen atoms in total. The van der Waals surface area contributed by atoms with E-state index in [1.54, 1.807) is 0 Å². The topological polar surface area (TPSA) is 21.1 Å². The largest absolute Gasteiger partial charge is 0.313 e. The lowest BCUT2D eigenvalue weighted by Crippen LogP contribution is -2.21. The first kappa shape index (κ1) is 29.1. The van der Waals surface area contributed by atoms with Gasteiger partial charge in [-0.05, 0) is 93.0 Å². The third kappa shape index (κ3) is 4.29. The molecule has 0 fully saturated rings. The number of hydrogen-bond acceptors (Lipinski definition) is 2. The molecule has 3 heteroatoms. The molecule has 3 aliphatic rings. The van der Waals surface area contributed by atoms with Gasteiger partial charge in [0.1, 0.15) is 5.82 Å². The van der Waals surface area contributed by atoms with Gasteiger partial charge in [0.25, 0.3) is 0 Å². The fraction of sp³-hybridized carbons (Fsp3) is 0.0408. The van der Waals surface area contributed by atoms with Gasteiger partial charge in [-0.15, -0.1) is 0 Å². The average molecular weight is 664 g/mol. The van der Waals surface area contributed by atoms with Crippen molar-refractivity contribution in [3.8, 4) is 50.5 Å². The summed E-state index contributed by atoms with van der Waals surface area (Å²) in [5.41, 5.74) is 18.5. The van der Waals surface area contributed by atoms with Crippen molar-refractivity contribution >= 4 is 22.4 Å². The van der Waals surface area contributed by atoms with Crippen molar-refractivity contribution in [3.63, 3.8) is 0 Å². The van der Waals surface area contributed by atoms with Crippen molar-refractivity contribution in [2.45, 2.75) is 11.8 Å². The maximum atomic E-state index is 5.13. The fourth-order valence-corrected chi connectivity index (χ4v) is 8.92. The highest BCUT2D eigenvalue weighted by Crippen LogP contribution is 2.63. The van der Waals surface area contributed by atoms with Crippen molar-refractivity contribution in [1.29, 1.82) is 0 Å². The monoisotopic (exact) mass is 663 g/mol. The van der Waals surface area contributed by atoms with E-state index in [1.165, 1.54) is 61.6 Å². The zero-order chi connectivity index (χ0) is 34.2. The maximum Gasteiger partial charge on any atom is 0.145 e. The van der Waals surface area contributed by atoms with Gasteiger partial charge in [0.15, 0.2) is 0 Å². The van der Waals surface area contributed by atoms with Crippen LogP contribution in [-0.4, -0.2) is 9.55 Å². The smallest absolute Gasteiger partial charge is 0.145 e. The molecule has 8 aromatic rings. The second-order valence-electron chi connectivity index (χ2n) is 13.9. The molecule has 0 N–H and O–H groups in total. The fourth-order valence-electron chi connectivity index (χ4n) is 8.92. The summed E-state index contributed by atoms with van der Waals surface area (Å²) in [6, 6.07) is 61.5. The molecule has 0 bridgehead atoms. The standard InChI is InChI=1S/C49H33N3/c1-3-14-32(15-4-1)34-18-11-20-36(30-34)51-44-27-13-24-41-39-22-7-8-23-40(39)46-38(28-29-45(51)48(46)47(41)44)35-19-12-21-37(31-35)52-43-26-10-9-25-42(43)50-49(52)33-16-5-2-6-17-33/h1-31,41,47H. The van der Waals surface area contributed by atoms with Gasteiger partial charge in [0.2, 0.25) is 0 Å². The van der Waals surface area contributed by atoms with Crippen LogP contribution in [0.2, 0.25) is 0 Å². The molecule has 1 aliphatic heterocycles. The van der Waals surface area contributed by atoms with Crippen molar-refractivity contribution in [1.82, 2.24) is 9.55 Å². The predicted octanol–water partition coefficient (Wildman–Crippen LogP) is 12.5. The molecule has 0 amide bonds. The van der Waals surface area contributed by atoms with E-state index in [-0.39, 0.29) is 11.8 Å². The number of fused-ring (bicyclic) bond motifs is 4. The van der Waals surface area contributed by atoms with E-state index in [4.69, 9.17) is 4.98 Å². The van der Waals surface area contributed by atoms with Gasteiger partial charge in [-0.25, -0.2) is 4.98 Å². The van der Waals surface area contributed by atoms with Crippen LogP contribution >= 0.6 is 0 Å². The molecule has 2 heterocycles. The van der Waals surface area contributed by atoms with E-state index in [2.05, 4.69) is 198 Å². The summed E-state index contributed by atoms with van der Waals surface area (Å²) >= 11 is 0. The lowest BCUT2D eigenvalue weighted by atomic mass is 9.68. The summed E-state index contributed by atoms with van der Waals surface area (Å²) in [5, 5.41) is 0. The van der Waals surface area contributed by atoms with Crippen molar-refractivity contribution in [2.75, 3.05) is 4.90 Å². The zero-order valence-electron chi connectivity index (χ0n) is 28.4. The highest BCUT2D eigenvalue weighted by atomic mass is 15.2. The van der Waals surface area contributed by atoms with Gasteiger partial charge in [0.05, 0.1) is 16.7 Å². The third-order valence-electron chi connectivity index (χ3n) is 11.1. The SMILES string of the molecule is C1=CC2c3ccccc3-c3c(-c4cccc(-n5c(-c6ccccc6)nc6ccccc65)c4)ccc4c3C2C(=C1)N4c1cccc(-c2ccccc2)c1. The van der Waals surface area contributed by atoms with Gasteiger partial charge in [-0.2, -0.15) is 0 Å². The molecule has 1 aromatic heterocycles. The van der Waals surface area contributed by atoms with Gasteiger partial charge >= 0.3 is 0 Å². The zero-order valence-corrected chi connectivity index (χ0v) is 28.4. The Morgan fingerprint density at radius 2 is 1.21 bits per heavy atom. The van der Waals surface area contributed by atoms with Crippen LogP contribution in [0.5, 0.6) is 0 Å². The molecule has 52 heavy (non-hydrogen) atoms. The highest BCUT2D eigenvalue weighted by molar-refractivity contribution is 5.98. The van der Waals surface area contributed by atoms with Crippen LogP contribution in [0.4, 0.5) is 11.4 Å². The molecule has 0 radical (unpaired) electrons. The van der Waals surface area contributed by atoms with Gasteiger partial charge < -0.3 is 4.90 Å². The molecule has 0 saturated carbocycles. The summed E-state index contributed by atoms with van der Waals surface area (Å²) < 4.78 is 2.31. The number of allylic oxidation sites excluding steroid dienone is 4. The molecule has 0 saturated heterocycles. The minimum Gasteiger partial charge on any atom is -0.313 e. The first-order valence-electron chi connectivity index (χ1n) is 18.1. The summed E-state index contributed by atoms with van der Waals surface area (Å²) in [6.07, 6.45) is 7.01. The van der Waals surface area contributed by atoms with Crippen molar-refractivity contribution in [3.05, 3.63) is 205 Å². The number of rotatable bonds is 5. The Morgan fingerprint density at radius 1 is 0.519 bits per heavy atom. The lowest BCUT2D eigenvalue weighted by Gasteiger charge is -2.34. The Bertz CT molecular complexity index is 2750. The predicted molar refractivity (Wildman–Crippen MR) is 214 cm³/mol. The van der Waals surface area contributed by atoms with Crippen LogP contribution in [0.1, 0.15) is 23.0 Å². The summed E-state index contributed by atoms with van der Waals surface area (Å²) in [7, 11) is 0. The van der Waals surface area contributed by atoms with E-state index in [0.717, 1.165) is 28.1 Å². The summed E-state index contributed by atoms with van der Waals surface area (Å²) in [5.74, 6) is 1.45. The first-order chi connectivity index (χ1) is 25.8. The number of hydrogen-bond donors (Lipinski definition) is 0. The minimum atomic E-state index is 0.232. The highest BCUT2D eigenvalue weighted by Gasteiger charge is 2.46. The van der Waals surface area contributed by atoms with Gasteiger partial charge in [-0.1, -0.05) is 140 Å². The van der Waals surface area contributed by atoms with Crippen molar-refractivity contribution < 1.29 is 0 Å². The summed E-state index contributed by atoms with van der Waals surface area (Å²) in [6.45, 7) is 0. The summed E-state index contributed by atoms with van der Waals surface area (Å²) in [4.78, 5) is 7.65. The van der Waals surface area contributed by atoms with E-state index in [9.17, 15) is 0 Å². The molecule has 11 rings (SSSR count). The van der Waals surface area contributed by atoms with Crippen LogP contribution in [-0.2, 0) is 0 Å². The number of nitrogens with zero attached hydrogens (tertiary/aromatic N) is 3. The Labute approximate surface area is 303 Å². The molecule has 0 spiro atoms. The number of benzene rings is 7. The van der Waals surface area contributed by atoms with Crippen LogP contribution in [0.25, 0.3) is 61.5 Å². The van der Waals surface area contributed by atoms with Crippen LogP contribution in [0.3, 0.4) is 0 Å². The normalized spacial score (nSPS) is 16.5. The number of imidazole rings is 1. The molecule has 2 unspecified atom stereocenters. The number of aromatic nitrogens is 2. The quantitative estimate of drug-likeness (QED) is 0.183. The van der Waals surface area contributed by atoms with Gasteiger partial charge in [-0.3, -0.25) is 4.57 Å². The molecule has 2 aliphatic carbocycles. The lowest BCUT2D eigenvalue weighted by molar-refractivity contribution is 0.700. The third-order valence-corrected chi connectivity index (χ3v) is 11.1. The first-order valence-corrected chi connectivity index (χ1v) is 18.1. The molecule has 7 aromatic carbocycles. The second kappa shape index (κ2) is 11.4. The molecule has 244 valence electrons. The Balaban J connectivity index is 1.12. The molecular weight excluding hydrogens is 631 g/mol. The van der Waals surface area contributed by atoms with E-state index in [0.29, 0.717) is 0 Å². The van der Waals surface area contributed by atoms with Crippen LogP contribution in [0.15, 0.2) is 194 Å².